The van der Waals surface area contributed by atoms with Crippen LogP contribution in [0.25, 0.3) is 0 Å². The lowest BCUT2D eigenvalue weighted by atomic mass is 10.1. The number of nitrogens with one attached hydrogen (secondary N) is 1. The number of aromatic nitrogens is 2. The molecule has 4 nitrogen and oxygen atoms in total. The van der Waals surface area contributed by atoms with Gasteiger partial charge in [0.15, 0.2) is 0 Å². The summed E-state index contributed by atoms with van der Waals surface area (Å²) >= 11 is 1.85. The minimum atomic E-state index is 0.323. The molecule has 2 aromatic rings. The lowest BCUT2D eigenvalue weighted by Gasteiger charge is -2.14. The van der Waals surface area contributed by atoms with Gasteiger partial charge >= 0.3 is 0 Å². The number of aryl methyl sites for hydroxylation is 4. The minimum Gasteiger partial charge on any atom is -0.481 e. The van der Waals surface area contributed by atoms with E-state index in [0.29, 0.717) is 6.04 Å². The third kappa shape index (κ3) is 2.88. The molecule has 0 spiro atoms. The van der Waals surface area contributed by atoms with Crippen LogP contribution in [-0.2, 0) is 13.6 Å². The van der Waals surface area contributed by atoms with E-state index in [1.807, 2.05) is 25.3 Å². The van der Waals surface area contributed by atoms with Gasteiger partial charge in [-0.1, -0.05) is 0 Å². The van der Waals surface area contributed by atoms with E-state index in [-0.39, 0.29) is 0 Å². The van der Waals surface area contributed by atoms with E-state index in [1.54, 1.807) is 11.8 Å². The average Bonchev–Trinajstić information content (AvgIpc) is 2.85. The standard InChI is InChI=1S/C15H23N3OS/c1-9-7-13(12(4)20-9)10(2)16-8-14-11(3)17-18(5)15(14)19-6/h7,10,16H,8H2,1-6H3/t10-/m0/s1. The van der Waals surface area contributed by atoms with Gasteiger partial charge in [0.25, 0.3) is 0 Å². The fourth-order valence-corrected chi connectivity index (χ4v) is 3.61. The average molecular weight is 293 g/mol. The van der Waals surface area contributed by atoms with Crippen molar-refractivity contribution in [1.82, 2.24) is 15.1 Å². The van der Waals surface area contributed by atoms with Crippen LogP contribution in [0.15, 0.2) is 6.07 Å². The van der Waals surface area contributed by atoms with Crippen molar-refractivity contribution >= 4 is 11.3 Å². The fraction of sp³-hybridized carbons (Fsp3) is 0.533. The predicted molar refractivity (Wildman–Crippen MR) is 83.5 cm³/mol. The highest BCUT2D eigenvalue weighted by Gasteiger charge is 2.16. The summed E-state index contributed by atoms with van der Waals surface area (Å²) in [6.07, 6.45) is 0. The molecule has 0 fully saturated rings. The minimum absolute atomic E-state index is 0.323. The van der Waals surface area contributed by atoms with E-state index in [9.17, 15) is 0 Å². The highest BCUT2D eigenvalue weighted by atomic mass is 32.1. The molecule has 0 bridgehead atoms. The van der Waals surface area contributed by atoms with Gasteiger partial charge in [0.1, 0.15) is 0 Å². The van der Waals surface area contributed by atoms with Gasteiger partial charge in [-0.15, -0.1) is 11.3 Å². The van der Waals surface area contributed by atoms with Crippen molar-refractivity contribution in [3.63, 3.8) is 0 Å². The number of rotatable bonds is 5. The molecular formula is C15H23N3OS. The van der Waals surface area contributed by atoms with E-state index in [0.717, 1.165) is 23.7 Å². The number of hydrogen-bond acceptors (Lipinski definition) is 4. The largest absolute Gasteiger partial charge is 0.481 e. The molecule has 20 heavy (non-hydrogen) atoms. The van der Waals surface area contributed by atoms with Crippen molar-refractivity contribution in [3.8, 4) is 5.88 Å². The topological polar surface area (TPSA) is 39.1 Å². The molecule has 0 amide bonds. The Morgan fingerprint density at radius 1 is 1.40 bits per heavy atom. The Balaban J connectivity index is 2.11. The highest BCUT2D eigenvalue weighted by Crippen LogP contribution is 2.27. The molecule has 0 aliphatic rings. The summed E-state index contributed by atoms with van der Waals surface area (Å²) in [6.45, 7) is 9.32. The second-order valence-corrected chi connectivity index (χ2v) is 6.63. The smallest absolute Gasteiger partial charge is 0.216 e. The van der Waals surface area contributed by atoms with Crippen molar-refractivity contribution in [3.05, 3.63) is 32.6 Å². The van der Waals surface area contributed by atoms with Crippen LogP contribution < -0.4 is 10.1 Å². The number of ether oxygens (including phenoxy) is 1. The van der Waals surface area contributed by atoms with Crippen molar-refractivity contribution in [1.29, 1.82) is 0 Å². The molecule has 0 saturated carbocycles. The summed E-state index contributed by atoms with van der Waals surface area (Å²) in [4.78, 5) is 2.75. The summed E-state index contributed by atoms with van der Waals surface area (Å²) < 4.78 is 7.21. The molecule has 0 radical (unpaired) electrons. The van der Waals surface area contributed by atoms with Crippen molar-refractivity contribution < 1.29 is 4.74 Å². The number of hydrogen-bond donors (Lipinski definition) is 1. The second-order valence-electron chi connectivity index (χ2n) is 5.17. The maximum atomic E-state index is 5.43. The molecule has 0 aromatic carbocycles. The highest BCUT2D eigenvalue weighted by molar-refractivity contribution is 7.12. The predicted octanol–water partition coefficient (Wildman–Crippen LogP) is 3.27. The van der Waals surface area contributed by atoms with E-state index < -0.39 is 0 Å². The molecule has 0 unspecified atom stereocenters. The summed E-state index contributed by atoms with van der Waals surface area (Å²) in [6, 6.07) is 2.59. The lowest BCUT2D eigenvalue weighted by Crippen LogP contribution is -2.19. The first-order valence-corrected chi connectivity index (χ1v) is 7.62. The summed E-state index contributed by atoms with van der Waals surface area (Å²) in [7, 11) is 3.60. The third-order valence-corrected chi connectivity index (χ3v) is 4.59. The Morgan fingerprint density at radius 2 is 2.10 bits per heavy atom. The third-order valence-electron chi connectivity index (χ3n) is 3.61. The SMILES string of the molecule is COc1c(CN[C@@H](C)c2cc(C)sc2C)c(C)nn1C. The molecule has 5 heteroatoms. The molecule has 2 rings (SSSR count). The molecule has 0 saturated heterocycles. The summed E-state index contributed by atoms with van der Waals surface area (Å²) in [5, 5.41) is 7.98. The van der Waals surface area contributed by atoms with Gasteiger partial charge in [0, 0.05) is 29.4 Å². The zero-order chi connectivity index (χ0) is 14.9. The van der Waals surface area contributed by atoms with Gasteiger partial charge in [-0.2, -0.15) is 5.10 Å². The zero-order valence-corrected chi connectivity index (χ0v) is 13.9. The van der Waals surface area contributed by atoms with Crippen LogP contribution in [0.2, 0.25) is 0 Å². The van der Waals surface area contributed by atoms with Crippen LogP contribution in [0.1, 0.15) is 39.5 Å². The van der Waals surface area contributed by atoms with Crippen LogP contribution in [-0.4, -0.2) is 16.9 Å². The first-order valence-electron chi connectivity index (χ1n) is 6.80. The number of methoxy groups -OCH3 is 1. The Morgan fingerprint density at radius 3 is 2.65 bits per heavy atom. The van der Waals surface area contributed by atoms with Crippen LogP contribution in [0.3, 0.4) is 0 Å². The molecule has 2 aromatic heterocycles. The normalized spacial score (nSPS) is 12.7. The van der Waals surface area contributed by atoms with E-state index >= 15 is 0 Å². The van der Waals surface area contributed by atoms with Crippen LogP contribution in [0.4, 0.5) is 0 Å². The Bertz CT molecular complexity index is 601. The second kappa shape index (κ2) is 5.97. The van der Waals surface area contributed by atoms with Gasteiger partial charge in [-0.25, -0.2) is 4.68 Å². The Hall–Kier alpha value is -1.33. The molecule has 0 aliphatic carbocycles. The van der Waals surface area contributed by atoms with Gasteiger partial charge in [-0.3, -0.25) is 0 Å². The molecule has 1 N–H and O–H groups in total. The fourth-order valence-electron chi connectivity index (χ4n) is 2.59. The monoisotopic (exact) mass is 293 g/mol. The van der Waals surface area contributed by atoms with Gasteiger partial charge in [0.05, 0.1) is 18.4 Å². The molecule has 0 aliphatic heterocycles. The maximum Gasteiger partial charge on any atom is 0.216 e. The molecule has 1 atom stereocenters. The van der Waals surface area contributed by atoms with Gasteiger partial charge in [0.2, 0.25) is 5.88 Å². The van der Waals surface area contributed by atoms with Crippen molar-refractivity contribution in [2.75, 3.05) is 7.11 Å². The maximum absolute atomic E-state index is 5.43. The van der Waals surface area contributed by atoms with Crippen molar-refractivity contribution in [2.45, 2.75) is 40.3 Å². The summed E-state index contributed by atoms with van der Waals surface area (Å²) in [5.41, 5.74) is 3.53. The Kier molecular flexibility index (Phi) is 4.50. The van der Waals surface area contributed by atoms with Gasteiger partial charge < -0.3 is 10.1 Å². The first kappa shape index (κ1) is 15.1. The lowest BCUT2D eigenvalue weighted by molar-refractivity contribution is 0.367. The van der Waals surface area contributed by atoms with Gasteiger partial charge in [-0.05, 0) is 39.3 Å². The van der Waals surface area contributed by atoms with Crippen molar-refractivity contribution in [2.24, 2.45) is 7.05 Å². The molecular weight excluding hydrogens is 270 g/mol. The number of thiophene rings is 1. The van der Waals surface area contributed by atoms with Crippen LogP contribution in [0.5, 0.6) is 5.88 Å². The van der Waals surface area contributed by atoms with E-state index in [4.69, 9.17) is 4.74 Å². The Labute approximate surface area is 124 Å². The molecule has 110 valence electrons. The van der Waals surface area contributed by atoms with E-state index in [2.05, 4.69) is 37.3 Å². The number of nitrogens with zero attached hydrogens (tertiary/aromatic N) is 2. The van der Waals surface area contributed by atoms with Crippen LogP contribution in [0, 0.1) is 20.8 Å². The quantitative estimate of drug-likeness (QED) is 0.919. The van der Waals surface area contributed by atoms with Crippen LogP contribution >= 0.6 is 11.3 Å². The van der Waals surface area contributed by atoms with E-state index in [1.165, 1.54) is 15.3 Å². The molecule has 2 heterocycles. The zero-order valence-electron chi connectivity index (χ0n) is 13.1. The summed E-state index contributed by atoms with van der Waals surface area (Å²) in [5.74, 6) is 0.834. The first-order chi connectivity index (χ1) is 9.43.